The fraction of sp³-hybridized carbons (Fsp3) is 0.500. The molecule has 0 spiro atoms. The Bertz CT molecular complexity index is 607. The Morgan fingerprint density at radius 3 is 2.48 bits per heavy atom. The van der Waals surface area contributed by atoms with Crippen molar-refractivity contribution in [2.45, 2.75) is 6.92 Å². The zero-order chi connectivity index (χ0) is 15.5. The predicted octanol–water partition coefficient (Wildman–Crippen LogP) is 0.945. The number of nitrogens with zero attached hydrogens (tertiary/aromatic N) is 2. The lowest BCUT2D eigenvalue weighted by Gasteiger charge is -2.35. The van der Waals surface area contributed by atoms with Gasteiger partial charge in [0.1, 0.15) is 0 Å². The normalized spacial score (nSPS) is 16.8. The summed E-state index contributed by atoms with van der Waals surface area (Å²) in [5, 5.41) is 0. The molecule has 0 bridgehead atoms. The van der Waals surface area contributed by atoms with Gasteiger partial charge in [0, 0.05) is 31.9 Å². The van der Waals surface area contributed by atoms with Crippen LogP contribution in [0.25, 0.3) is 0 Å². The predicted molar refractivity (Wildman–Crippen MR) is 81.0 cm³/mol. The molecule has 116 valence electrons. The SMILES string of the molecule is CCS(=O)(=O)N1CCN(c2cccc(C(=O)OC)c2)CC1. The Kier molecular flexibility index (Phi) is 4.84. The van der Waals surface area contributed by atoms with Gasteiger partial charge in [-0.25, -0.2) is 13.2 Å². The maximum Gasteiger partial charge on any atom is 0.337 e. The molecule has 1 aliphatic rings. The average molecular weight is 312 g/mol. The minimum Gasteiger partial charge on any atom is -0.465 e. The molecule has 0 saturated carbocycles. The molecule has 0 aromatic heterocycles. The van der Waals surface area contributed by atoms with Crippen LogP contribution in [0.3, 0.4) is 0 Å². The van der Waals surface area contributed by atoms with Gasteiger partial charge < -0.3 is 9.64 Å². The molecule has 6 nitrogen and oxygen atoms in total. The number of hydrogen-bond acceptors (Lipinski definition) is 5. The largest absolute Gasteiger partial charge is 0.465 e. The summed E-state index contributed by atoms with van der Waals surface area (Å²) in [6, 6.07) is 7.19. The van der Waals surface area contributed by atoms with E-state index in [1.165, 1.54) is 11.4 Å². The number of rotatable bonds is 4. The number of sulfonamides is 1. The third-order valence-corrected chi connectivity index (χ3v) is 5.51. The van der Waals surface area contributed by atoms with E-state index in [0.29, 0.717) is 31.7 Å². The lowest BCUT2D eigenvalue weighted by Crippen LogP contribution is -2.49. The van der Waals surface area contributed by atoms with Gasteiger partial charge in [-0.3, -0.25) is 0 Å². The molecule has 1 aliphatic heterocycles. The fourth-order valence-electron chi connectivity index (χ4n) is 2.35. The first-order valence-electron chi connectivity index (χ1n) is 6.89. The highest BCUT2D eigenvalue weighted by atomic mass is 32.2. The number of hydrogen-bond donors (Lipinski definition) is 0. The van der Waals surface area contributed by atoms with E-state index in [9.17, 15) is 13.2 Å². The van der Waals surface area contributed by atoms with Crippen molar-refractivity contribution in [1.29, 1.82) is 0 Å². The maximum absolute atomic E-state index is 11.8. The lowest BCUT2D eigenvalue weighted by molar-refractivity contribution is 0.0600. The zero-order valence-electron chi connectivity index (χ0n) is 12.3. The van der Waals surface area contributed by atoms with Crippen LogP contribution in [-0.4, -0.2) is 57.7 Å². The van der Waals surface area contributed by atoms with Crippen molar-refractivity contribution in [2.75, 3.05) is 43.9 Å². The second kappa shape index (κ2) is 6.44. The molecule has 0 unspecified atom stereocenters. The van der Waals surface area contributed by atoms with Crippen LogP contribution in [0.1, 0.15) is 17.3 Å². The second-order valence-electron chi connectivity index (χ2n) is 4.83. The quantitative estimate of drug-likeness (QED) is 0.774. The van der Waals surface area contributed by atoms with Gasteiger partial charge in [-0.2, -0.15) is 4.31 Å². The van der Waals surface area contributed by atoms with Crippen LogP contribution in [0.2, 0.25) is 0 Å². The van der Waals surface area contributed by atoms with Gasteiger partial charge >= 0.3 is 5.97 Å². The smallest absolute Gasteiger partial charge is 0.337 e. The highest BCUT2D eigenvalue weighted by molar-refractivity contribution is 7.89. The topological polar surface area (TPSA) is 66.9 Å². The Balaban J connectivity index is 2.07. The van der Waals surface area contributed by atoms with Gasteiger partial charge in [-0.15, -0.1) is 0 Å². The Labute approximate surface area is 125 Å². The van der Waals surface area contributed by atoms with Gasteiger partial charge in [0.25, 0.3) is 0 Å². The Morgan fingerprint density at radius 1 is 1.24 bits per heavy atom. The molecule has 0 atom stereocenters. The molecule has 7 heteroatoms. The van der Waals surface area contributed by atoms with Crippen molar-refractivity contribution < 1.29 is 17.9 Å². The van der Waals surface area contributed by atoms with Crippen molar-refractivity contribution in [2.24, 2.45) is 0 Å². The standard InChI is InChI=1S/C14H20N2O4S/c1-3-21(18,19)16-9-7-15(8-10-16)13-6-4-5-12(11-13)14(17)20-2/h4-6,11H,3,7-10H2,1-2H3. The molecule has 0 radical (unpaired) electrons. The number of carbonyl (C=O) groups is 1. The minimum atomic E-state index is -3.12. The third kappa shape index (κ3) is 3.54. The summed E-state index contributed by atoms with van der Waals surface area (Å²) >= 11 is 0. The van der Waals surface area contributed by atoms with Crippen LogP contribution >= 0.6 is 0 Å². The van der Waals surface area contributed by atoms with E-state index in [1.807, 2.05) is 6.07 Å². The second-order valence-corrected chi connectivity index (χ2v) is 7.09. The fourth-order valence-corrected chi connectivity index (χ4v) is 3.44. The van der Waals surface area contributed by atoms with Gasteiger partial charge in [-0.05, 0) is 25.1 Å². The summed E-state index contributed by atoms with van der Waals surface area (Å²) in [4.78, 5) is 13.6. The van der Waals surface area contributed by atoms with Crippen molar-refractivity contribution in [3.8, 4) is 0 Å². The van der Waals surface area contributed by atoms with Crippen LogP contribution < -0.4 is 4.90 Å². The first-order valence-corrected chi connectivity index (χ1v) is 8.50. The molecule has 2 rings (SSSR count). The van der Waals surface area contributed by atoms with E-state index in [4.69, 9.17) is 4.74 Å². The molecule has 0 N–H and O–H groups in total. The highest BCUT2D eigenvalue weighted by Gasteiger charge is 2.25. The summed E-state index contributed by atoms with van der Waals surface area (Å²) in [6.45, 7) is 3.83. The van der Waals surface area contributed by atoms with Gasteiger partial charge in [-0.1, -0.05) is 6.07 Å². The number of carbonyl (C=O) groups excluding carboxylic acids is 1. The molecular formula is C14H20N2O4S. The number of benzene rings is 1. The molecule has 0 amide bonds. The van der Waals surface area contributed by atoms with Crippen molar-refractivity contribution >= 4 is 21.7 Å². The molecular weight excluding hydrogens is 292 g/mol. The first-order chi connectivity index (χ1) is 9.97. The number of methoxy groups -OCH3 is 1. The number of esters is 1. The van der Waals surface area contributed by atoms with Crippen LogP contribution in [0.5, 0.6) is 0 Å². The number of anilines is 1. The molecule has 1 fully saturated rings. The summed E-state index contributed by atoms with van der Waals surface area (Å²) in [5.74, 6) is -0.241. The van der Waals surface area contributed by atoms with Gasteiger partial charge in [0.2, 0.25) is 10.0 Å². The Hall–Kier alpha value is -1.60. The molecule has 1 aromatic carbocycles. The van der Waals surface area contributed by atoms with Crippen LogP contribution in [0, 0.1) is 0 Å². The zero-order valence-corrected chi connectivity index (χ0v) is 13.1. The lowest BCUT2D eigenvalue weighted by atomic mass is 10.2. The van der Waals surface area contributed by atoms with Crippen LogP contribution in [0.15, 0.2) is 24.3 Å². The van der Waals surface area contributed by atoms with E-state index >= 15 is 0 Å². The first kappa shape index (κ1) is 15.8. The number of piperazine rings is 1. The van der Waals surface area contributed by atoms with Crippen molar-refractivity contribution in [3.63, 3.8) is 0 Å². The third-order valence-electron chi connectivity index (χ3n) is 3.63. The van der Waals surface area contributed by atoms with E-state index in [2.05, 4.69) is 4.90 Å². The minimum absolute atomic E-state index is 0.130. The summed E-state index contributed by atoms with van der Waals surface area (Å²) in [6.07, 6.45) is 0. The molecule has 1 aromatic rings. The van der Waals surface area contributed by atoms with Gasteiger partial charge in [0.15, 0.2) is 0 Å². The van der Waals surface area contributed by atoms with Crippen molar-refractivity contribution in [1.82, 2.24) is 4.31 Å². The van der Waals surface area contributed by atoms with E-state index in [1.54, 1.807) is 25.1 Å². The summed E-state index contributed by atoms with van der Waals surface area (Å²) in [7, 11) is -1.77. The maximum atomic E-state index is 11.8. The van der Waals surface area contributed by atoms with Crippen LogP contribution in [0.4, 0.5) is 5.69 Å². The van der Waals surface area contributed by atoms with E-state index in [0.717, 1.165) is 5.69 Å². The summed E-state index contributed by atoms with van der Waals surface area (Å²) < 4.78 is 29.9. The Morgan fingerprint density at radius 2 is 1.90 bits per heavy atom. The van der Waals surface area contributed by atoms with Crippen LogP contribution in [-0.2, 0) is 14.8 Å². The number of ether oxygens (including phenoxy) is 1. The average Bonchev–Trinajstić information content (AvgIpc) is 2.54. The van der Waals surface area contributed by atoms with E-state index < -0.39 is 10.0 Å². The van der Waals surface area contributed by atoms with Gasteiger partial charge in [0.05, 0.1) is 18.4 Å². The van der Waals surface area contributed by atoms with Crippen molar-refractivity contribution in [3.05, 3.63) is 29.8 Å². The summed E-state index contributed by atoms with van der Waals surface area (Å²) in [5.41, 5.74) is 1.41. The molecule has 1 saturated heterocycles. The molecule has 21 heavy (non-hydrogen) atoms. The molecule has 0 aliphatic carbocycles. The monoisotopic (exact) mass is 312 g/mol. The molecule has 1 heterocycles. The highest BCUT2D eigenvalue weighted by Crippen LogP contribution is 2.19. The van der Waals surface area contributed by atoms with E-state index in [-0.39, 0.29) is 11.7 Å².